The van der Waals surface area contributed by atoms with Crippen molar-refractivity contribution in [1.29, 1.82) is 5.26 Å². The molecule has 4 heteroatoms. The van der Waals surface area contributed by atoms with E-state index in [4.69, 9.17) is 4.74 Å². The Balaban J connectivity index is 1.76. The molecule has 4 rings (SSSR count). The fourth-order valence-corrected chi connectivity index (χ4v) is 8.42. The Bertz CT molecular complexity index is 767. The summed E-state index contributed by atoms with van der Waals surface area (Å²) in [5, 5.41) is 21.5. The van der Waals surface area contributed by atoms with Crippen molar-refractivity contribution in [2.45, 2.75) is 79.1 Å². The van der Waals surface area contributed by atoms with Crippen molar-refractivity contribution in [2.75, 3.05) is 13.2 Å². The molecule has 4 bridgehead atoms. The molecular formula is C26H39NO3. The smallest absolute Gasteiger partial charge is 0.316 e. The third-order valence-corrected chi connectivity index (χ3v) is 9.54. The average Bonchev–Trinajstić information content (AvgIpc) is 3.27. The van der Waals surface area contributed by atoms with Gasteiger partial charge in [-0.2, -0.15) is 5.26 Å². The van der Waals surface area contributed by atoms with Crippen LogP contribution in [-0.2, 0) is 9.53 Å². The second-order valence-electron chi connectivity index (χ2n) is 11.0. The normalized spacial score (nSPS) is 43.5. The highest BCUT2D eigenvalue weighted by Crippen LogP contribution is 2.83. The largest absolute Gasteiger partial charge is 0.481 e. The summed E-state index contributed by atoms with van der Waals surface area (Å²) in [7, 11) is 0. The highest BCUT2D eigenvalue weighted by atomic mass is 16.5. The maximum Gasteiger partial charge on any atom is 0.316 e. The first-order valence-electron chi connectivity index (χ1n) is 12.3. The molecule has 4 nitrogen and oxygen atoms in total. The molecule has 3 fully saturated rings. The van der Waals surface area contributed by atoms with Gasteiger partial charge in [-0.15, -0.1) is 0 Å². The summed E-state index contributed by atoms with van der Waals surface area (Å²) in [6, 6.07) is 2.71. The monoisotopic (exact) mass is 413 g/mol. The molecule has 0 saturated heterocycles. The Kier molecular flexibility index (Phi) is 5.59. The highest BCUT2D eigenvalue weighted by Gasteiger charge is 2.84. The number of nitriles is 1. The van der Waals surface area contributed by atoms with Crippen molar-refractivity contribution in [3.8, 4) is 6.07 Å². The van der Waals surface area contributed by atoms with Gasteiger partial charge in [0.25, 0.3) is 0 Å². The van der Waals surface area contributed by atoms with Gasteiger partial charge in [-0.3, -0.25) is 4.79 Å². The van der Waals surface area contributed by atoms with Gasteiger partial charge in [0.15, 0.2) is 0 Å². The Morgan fingerprint density at radius 2 is 2.07 bits per heavy atom. The summed E-state index contributed by atoms with van der Waals surface area (Å²) in [6.07, 6.45) is 10.6. The van der Waals surface area contributed by atoms with Crippen LogP contribution < -0.4 is 0 Å². The maximum atomic E-state index is 13.3. The van der Waals surface area contributed by atoms with E-state index in [-0.39, 0.29) is 17.8 Å². The summed E-state index contributed by atoms with van der Waals surface area (Å²) in [4.78, 5) is 13.3. The molecule has 4 aliphatic rings. The maximum absolute atomic E-state index is 13.3. The predicted octanol–water partition coefficient (Wildman–Crippen LogP) is 5.83. The van der Waals surface area contributed by atoms with E-state index in [9.17, 15) is 15.2 Å². The van der Waals surface area contributed by atoms with Gasteiger partial charge in [-0.1, -0.05) is 65.0 Å². The minimum Gasteiger partial charge on any atom is -0.481 e. The van der Waals surface area contributed by atoms with Crippen LogP contribution in [0.1, 0.15) is 79.1 Å². The fourth-order valence-electron chi connectivity index (χ4n) is 8.42. The number of fused-ring (bicyclic) bond motifs is 2. The van der Waals surface area contributed by atoms with Gasteiger partial charge in [0, 0.05) is 12.0 Å². The molecule has 3 saturated carbocycles. The van der Waals surface area contributed by atoms with E-state index in [1.807, 2.05) is 0 Å². The summed E-state index contributed by atoms with van der Waals surface area (Å²) >= 11 is 0. The molecule has 7 atom stereocenters. The quantitative estimate of drug-likeness (QED) is 0.381. The van der Waals surface area contributed by atoms with Crippen LogP contribution in [0.2, 0.25) is 0 Å². The number of aliphatic carboxylic acids is 1. The van der Waals surface area contributed by atoms with Gasteiger partial charge in [0.2, 0.25) is 0 Å². The van der Waals surface area contributed by atoms with E-state index in [0.717, 1.165) is 37.7 Å². The van der Waals surface area contributed by atoms with Crippen molar-refractivity contribution >= 4 is 5.97 Å². The molecule has 0 amide bonds. The van der Waals surface area contributed by atoms with Crippen molar-refractivity contribution in [3.05, 3.63) is 11.6 Å². The number of carbonyl (C=O) groups is 1. The number of carboxylic acid groups (broad SMARTS) is 1. The minimum atomic E-state index is -1.08. The fraction of sp³-hybridized carbons (Fsp3) is 0.846. The Hall–Kier alpha value is -1.34. The molecule has 0 radical (unpaired) electrons. The number of ether oxygens (including phenoxy) is 1. The molecule has 0 aliphatic heterocycles. The van der Waals surface area contributed by atoms with Gasteiger partial charge < -0.3 is 9.84 Å². The molecular weight excluding hydrogens is 374 g/mol. The van der Waals surface area contributed by atoms with Crippen LogP contribution in [0, 0.1) is 57.2 Å². The SMILES string of the molecule is CCCCCCOC[C@@]12CC3C(C)CCC3[C@@]3(C#N)C[C@@H]1C=C(C(C)C)[C@@]23C(=O)O. The number of hydrogen-bond acceptors (Lipinski definition) is 3. The molecule has 0 aromatic rings. The van der Waals surface area contributed by atoms with Crippen LogP contribution in [0.5, 0.6) is 0 Å². The summed E-state index contributed by atoms with van der Waals surface area (Å²) in [6.45, 7) is 9.91. The minimum absolute atomic E-state index is 0.137. The van der Waals surface area contributed by atoms with E-state index in [1.165, 1.54) is 12.8 Å². The molecule has 166 valence electrons. The number of rotatable bonds is 9. The van der Waals surface area contributed by atoms with Gasteiger partial charge in [-0.05, 0) is 55.3 Å². The Labute approximate surface area is 182 Å². The molecule has 0 aromatic heterocycles. The molecule has 0 aromatic carbocycles. The van der Waals surface area contributed by atoms with Crippen LogP contribution in [0.25, 0.3) is 0 Å². The summed E-state index contributed by atoms with van der Waals surface area (Å²) in [5.74, 6) is 0.747. The second kappa shape index (κ2) is 7.66. The molecule has 1 N–H and O–H groups in total. The first-order chi connectivity index (χ1) is 14.3. The molecule has 3 unspecified atom stereocenters. The van der Waals surface area contributed by atoms with E-state index >= 15 is 0 Å². The van der Waals surface area contributed by atoms with Gasteiger partial charge in [0.05, 0.1) is 18.1 Å². The van der Waals surface area contributed by atoms with Crippen molar-refractivity contribution < 1.29 is 14.6 Å². The Morgan fingerprint density at radius 3 is 2.70 bits per heavy atom. The van der Waals surface area contributed by atoms with Crippen LogP contribution in [0.4, 0.5) is 0 Å². The van der Waals surface area contributed by atoms with E-state index in [1.54, 1.807) is 0 Å². The topological polar surface area (TPSA) is 70.3 Å². The third kappa shape index (κ3) is 2.51. The Morgan fingerprint density at radius 1 is 1.30 bits per heavy atom. The standard InChI is InChI=1S/C26H39NO3/c1-5-6-7-8-11-30-16-25-14-20-18(4)9-10-21(20)24(15-27)13-19(25)12-22(17(2)3)26(24,25)23(28)29/h12,17-21H,5-11,13-14,16H2,1-4H3,(H,28,29)/t18?,19-,20?,21?,24-,25-,26-/m0/s1. The summed E-state index contributed by atoms with van der Waals surface area (Å²) in [5.41, 5.74) is -1.31. The first kappa shape index (κ1) is 21.9. The summed E-state index contributed by atoms with van der Waals surface area (Å²) < 4.78 is 6.29. The molecule has 30 heavy (non-hydrogen) atoms. The van der Waals surface area contributed by atoms with Gasteiger partial charge in [-0.25, -0.2) is 0 Å². The van der Waals surface area contributed by atoms with E-state index < -0.39 is 22.2 Å². The number of carboxylic acids is 1. The van der Waals surface area contributed by atoms with Gasteiger partial charge in [0.1, 0.15) is 5.41 Å². The molecule has 0 spiro atoms. The number of nitrogens with zero attached hydrogens (tertiary/aromatic N) is 1. The zero-order valence-corrected chi connectivity index (χ0v) is 19.2. The van der Waals surface area contributed by atoms with Crippen LogP contribution in [0.15, 0.2) is 11.6 Å². The lowest BCUT2D eigenvalue weighted by Crippen LogP contribution is -2.62. The first-order valence-corrected chi connectivity index (χ1v) is 12.3. The van der Waals surface area contributed by atoms with Crippen molar-refractivity contribution in [3.63, 3.8) is 0 Å². The van der Waals surface area contributed by atoms with Crippen LogP contribution in [0.3, 0.4) is 0 Å². The van der Waals surface area contributed by atoms with Crippen molar-refractivity contribution in [1.82, 2.24) is 0 Å². The van der Waals surface area contributed by atoms with Crippen molar-refractivity contribution in [2.24, 2.45) is 45.8 Å². The predicted molar refractivity (Wildman–Crippen MR) is 117 cm³/mol. The molecule has 0 heterocycles. The highest BCUT2D eigenvalue weighted by molar-refractivity contribution is 5.85. The lowest BCUT2D eigenvalue weighted by atomic mass is 9.43. The lowest BCUT2D eigenvalue weighted by Gasteiger charge is -2.57. The van der Waals surface area contributed by atoms with Crippen LogP contribution >= 0.6 is 0 Å². The number of unbranched alkanes of at least 4 members (excludes halogenated alkanes) is 3. The average molecular weight is 414 g/mol. The second-order valence-corrected chi connectivity index (χ2v) is 11.0. The number of hydrogen-bond donors (Lipinski definition) is 1. The third-order valence-electron chi connectivity index (χ3n) is 9.54. The van der Waals surface area contributed by atoms with Crippen LogP contribution in [-0.4, -0.2) is 24.3 Å². The van der Waals surface area contributed by atoms with E-state index in [0.29, 0.717) is 31.5 Å². The zero-order valence-electron chi connectivity index (χ0n) is 19.2. The lowest BCUT2D eigenvalue weighted by molar-refractivity contribution is -0.179. The number of allylic oxidation sites excluding steroid dienone is 1. The zero-order chi connectivity index (χ0) is 21.7. The molecule has 4 aliphatic carbocycles. The van der Waals surface area contributed by atoms with Gasteiger partial charge >= 0.3 is 5.97 Å². The van der Waals surface area contributed by atoms with E-state index in [2.05, 4.69) is 39.8 Å².